The fourth-order valence-corrected chi connectivity index (χ4v) is 5.15. The van der Waals surface area contributed by atoms with Crippen molar-refractivity contribution >= 4 is 33.2 Å². The van der Waals surface area contributed by atoms with Crippen LogP contribution in [-0.2, 0) is 32.6 Å². The zero-order chi connectivity index (χ0) is 24.0. The van der Waals surface area contributed by atoms with Crippen LogP contribution in [0.5, 0.6) is 5.75 Å². The van der Waals surface area contributed by atoms with Crippen LogP contribution >= 0.6 is 11.6 Å². The Balaban J connectivity index is 1.71. The molecule has 2 aromatic carbocycles. The summed E-state index contributed by atoms with van der Waals surface area (Å²) in [6.07, 6.45) is 1.05. The van der Waals surface area contributed by atoms with Crippen LogP contribution in [0.1, 0.15) is 18.1 Å². The van der Waals surface area contributed by atoms with Gasteiger partial charge in [0.2, 0.25) is 15.9 Å². The van der Waals surface area contributed by atoms with Gasteiger partial charge in [-0.2, -0.15) is 0 Å². The normalized spacial score (nSPS) is 15.6. The van der Waals surface area contributed by atoms with Gasteiger partial charge in [0, 0.05) is 31.2 Å². The minimum absolute atomic E-state index is 0.211. The van der Waals surface area contributed by atoms with Crippen LogP contribution in [0.4, 0.5) is 5.69 Å². The van der Waals surface area contributed by atoms with Crippen molar-refractivity contribution in [3.05, 3.63) is 58.6 Å². The summed E-state index contributed by atoms with van der Waals surface area (Å²) in [6.45, 7) is 5.90. The highest BCUT2D eigenvalue weighted by atomic mass is 35.5. The molecule has 1 heterocycles. The number of anilines is 1. The molecule has 0 spiro atoms. The standard InChI is InChI=1S/C23H30ClN3O5S/c1-17(27(33(3,29)30)21-14-20(24)7-8-22(21)31-2)23(28)25-15-18-5-4-6-19(13-18)16-26-9-11-32-12-10-26/h4-8,13-14,17H,9-12,15-16H2,1-3H3,(H,25,28). The molecule has 0 aliphatic carbocycles. The molecule has 3 rings (SSSR count). The van der Waals surface area contributed by atoms with Gasteiger partial charge in [-0.3, -0.25) is 14.0 Å². The van der Waals surface area contributed by atoms with Gasteiger partial charge in [0.05, 0.1) is 32.3 Å². The number of carbonyl (C=O) groups is 1. The Bertz CT molecular complexity index is 1070. The van der Waals surface area contributed by atoms with E-state index in [9.17, 15) is 13.2 Å². The Morgan fingerprint density at radius 1 is 1.21 bits per heavy atom. The summed E-state index contributed by atoms with van der Waals surface area (Å²) in [5.74, 6) is -0.124. The first-order valence-corrected chi connectivity index (χ1v) is 12.9. The summed E-state index contributed by atoms with van der Waals surface area (Å²) in [4.78, 5) is 15.3. The van der Waals surface area contributed by atoms with Crippen molar-refractivity contribution in [2.24, 2.45) is 0 Å². The number of hydrogen-bond acceptors (Lipinski definition) is 6. The van der Waals surface area contributed by atoms with Crippen molar-refractivity contribution < 1.29 is 22.7 Å². The molecule has 0 bridgehead atoms. The van der Waals surface area contributed by atoms with Crippen LogP contribution in [0.25, 0.3) is 0 Å². The number of morpholine rings is 1. The van der Waals surface area contributed by atoms with E-state index in [0.717, 1.165) is 54.5 Å². The van der Waals surface area contributed by atoms with Gasteiger partial charge in [0.25, 0.3) is 0 Å². The molecule has 0 radical (unpaired) electrons. The summed E-state index contributed by atoms with van der Waals surface area (Å²) in [6, 6.07) is 11.6. The lowest BCUT2D eigenvalue weighted by Gasteiger charge is -2.29. The highest BCUT2D eigenvalue weighted by molar-refractivity contribution is 7.92. The van der Waals surface area contributed by atoms with E-state index in [-0.39, 0.29) is 12.2 Å². The number of carbonyl (C=O) groups excluding carboxylic acids is 1. The van der Waals surface area contributed by atoms with E-state index in [1.807, 2.05) is 12.1 Å². The Morgan fingerprint density at radius 2 is 1.91 bits per heavy atom. The maximum absolute atomic E-state index is 13.0. The molecule has 2 aromatic rings. The van der Waals surface area contributed by atoms with Gasteiger partial charge in [-0.15, -0.1) is 0 Å². The molecule has 1 aliphatic heterocycles. The molecular formula is C23H30ClN3O5S. The van der Waals surface area contributed by atoms with Crippen LogP contribution in [0.2, 0.25) is 5.02 Å². The molecule has 1 amide bonds. The third kappa shape index (κ3) is 6.83. The van der Waals surface area contributed by atoms with E-state index < -0.39 is 22.0 Å². The Labute approximate surface area is 200 Å². The van der Waals surface area contributed by atoms with E-state index in [1.54, 1.807) is 12.1 Å². The van der Waals surface area contributed by atoms with Crippen molar-refractivity contribution in [3.8, 4) is 5.75 Å². The first-order chi connectivity index (χ1) is 15.7. The lowest BCUT2D eigenvalue weighted by molar-refractivity contribution is -0.122. The summed E-state index contributed by atoms with van der Waals surface area (Å²) < 4.78 is 36.9. The van der Waals surface area contributed by atoms with Gasteiger partial charge in [-0.25, -0.2) is 8.42 Å². The number of halogens is 1. The zero-order valence-corrected chi connectivity index (χ0v) is 20.7. The molecule has 8 nitrogen and oxygen atoms in total. The van der Waals surface area contributed by atoms with Gasteiger partial charge in [0.15, 0.2) is 0 Å². The number of rotatable bonds is 9. The zero-order valence-electron chi connectivity index (χ0n) is 19.1. The van der Waals surface area contributed by atoms with Gasteiger partial charge >= 0.3 is 0 Å². The number of hydrogen-bond donors (Lipinski definition) is 1. The molecule has 1 unspecified atom stereocenters. The molecule has 1 fully saturated rings. The minimum atomic E-state index is -3.80. The first kappa shape index (κ1) is 25.3. The van der Waals surface area contributed by atoms with Crippen LogP contribution in [0, 0.1) is 0 Å². The Morgan fingerprint density at radius 3 is 2.58 bits per heavy atom. The lowest BCUT2D eigenvalue weighted by atomic mass is 10.1. The van der Waals surface area contributed by atoms with E-state index in [0.29, 0.717) is 10.8 Å². The molecule has 1 N–H and O–H groups in total. The van der Waals surface area contributed by atoms with Crippen molar-refractivity contribution in [1.82, 2.24) is 10.2 Å². The van der Waals surface area contributed by atoms with Gasteiger partial charge < -0.3 is 14.8 Å². The predicted octanol–water partition coefficient (Wildman–Crippen LogP) is 2.65. The quantitative estimate of drug-likeness (QED) is 0.575. The number of nitrogens with one attached hydrogen (secondary N) is 1. The highest BCUT2D eigenvalue weighted by Crippen LogP contribution is 2.34. The van der Waals surface area contributed by atoms with Crippen molar-refractivity contribution in [3.63, 3.8) is 0 Å². The number of methoxy groups -OCH3 is 1. The van der Waals surface area contributed by atoms with Crippen LogP contribution in [0.15, 0.2) is 42.5 Å². The van der Waals surface area contributed by atoms with Gasteiger partial charge in [0.1, 0.15) is 11.8 Å². The first-order valence-electron chi connectivity index (χ1n) is 10.7. The highest BCUT2D eigenvalue weighted by Gasteiger charge is 2.31. The van der Waals surface area contributed by atoms with E-state index in [4.69, 9.17) is 21.1 Å². The SMILES string of the molecule is COc1ccc(Cl)cc1N(C(C)C(=O)NCc1cccc(CN2CCOCC2)c1)S(C)(=O)=O. The van der Waals surface area contributed by atoms with Crippen molar-refractivity contribution in [1.29, 1.82) is 0 Å². The fourth-order valence-electron chi connectivity index (χ4n) is 3.81. The van der Waals surface area contributed by atoms with Crippen molar-refractivity contribution in [2.75, 3.05) is 44.0 Å². The molecule has 0 saturated carbocycles. The summed E-state index contributed by atoms with van der Waals surface area (Å²) >= 11 is 6.09. The smallest absolute Gasteiger partial charge is 0.243 e. The second kappa shape index (κ2) is 11.2. The third-order valence-corrected chi connectivity index (χ3v) is 6.90. The average Bonchev–Trinajstić information content (AvgIpc) is 2.78. The monoisotopic (exact) mass is 495 g/mol. The molecule has 0 aromatic heterocycles. The molecule has 180 valence electrons. The number of benzene rings is 2. The van der Waals surface area contributed by atoms with Gasteiger partial charge in [-0.05, 0) is 36.2 Å². The van der Waals surface area contributed by atoms with Crippen LogP contribution in [0.3, 0.4) is 0 Å². The predicted molar refractivity (Wildman–Crippen MR) is 129 cm³/mol. The Kier molecular flexibility index (Phi) is 8.58. The summed E-state index contributed by atoms with van der Waals surface area (Å²) in [5.41, 5.74) is 2.30. The van der Waals surface area contributed by atoms with Crippen LogP contribution in [-0.4, -0.2) is 64.9 Å². The molecular weight excluding hydrogens is 466 g/mol. The number of sulfonamides is 1. The molecule has 1 atom stereocenters. The molecule has 1 saturated heterocycles. The second-order valence-corrected chi connectivity index (χ2v) is 10.3. The number of amides is 1. The van der Waals surface area contributed by atoms with Crippen molar-refractivity contribution in [2.45, 2.75) is 26.1 Å². The third-order valence-electron chi connectivity index (χ3n) is 5.43. The number of ether oxygens (including phenoxy) is 2. The van der Waals surface area contributed by atoms with Crippen LogP contribution < -0.4 is 14.4 Å². The largest absolute Gasteiger partial charge is 0.495 e. The fraction of sp³-hybridized carbons (Fsp3) is 0.435. The topological polar surface area (TPSA) is 88.2 Å². The second-order valence-electron chi connectivity index (χ2n) is 7.98. The lowest BCUT2D eigenvalue weighted by Crippen LogP contribution is -2.47. The maximum Gasteiger partial charge on any atom is 0.243 e. The van der Waals surface area contributed by atoms with E-state index in [2.05, 4.69) is 22.3 Å². The summed E-state index contributed by atoms with van der Waals surface area (Å²) in [5, 5.41) is 3.19. The molecule has 1 aliphatic rings. The maximum atomic E-state index is 13.0. The van der Waals surface area contributed by atoms with Gasteiger partial charge in [-0.1, -0.05) is 35.9 Å². The Hall–Kier alpha value is -2.33. The average molecular weight is 496 g/mol. The molecule has 10 heteroatoms. The molecule has 33 heavy (non-hydrogen) atoms. The van der Waals surface area contributed by atoms with E-state index >= 15 is 0 Å². The number of nitrogens with zero attached hydrogens (tertiary/aromatic N) is 2. The summed E-state index contributed by atoms with van der Waals surface area (Å²) in [7, 11) is -2.37. The minimum Gasteiger partial charge on any atom is -0.495 e. The van der Waals surface area contributed by atoms with E-state index in [1.165, 1.54) is 20.1 Å².